The Bertz CT molecular complexity index is 745. The van der Waals surface area contributed by atoms with E-state index in [1.165, 1.54) is 6.42 Å². The van der Waals surface area contributed by atoms with Gasteiger partial charge in [0.05, 0.1) is 12.7 Å². The van der Waals surface area contributed by atoms with Crippen LogP contribution in [0.15, 0.2) is 30.3 Å². The number of ether oxygens (including phenoxy) is 2. The lowest BCUT2D eigenvalue weighted by Crippen LogP contribution is -2.49. The van der Waals surface area contributed by atoms with E-state index in [2.05, 4.69) is 52.6 Å². The molecule has 6 heteroatoms. The van der Waals surface area contributed by atoms with Crippen molar-refractivity contribution in [2.45, 2.75) is 103 Å². The third kappa shape index (κ3) is 10.4. The van der Waals surface area contributed by atoms with Crippen LogP contribution in [0.2, 0.25) is 18.1 Å². The van der Waals surface area contributed by atoms with E-state index in [0.717, 1.165) is 24.8 Å². The zero-order valence-corrected chi connectivity index (χ0v) is 22.6. The summed E-state index contributed by atoms with van der Waals surface area (Å²) in [6.07, 6.45) is 2.56. The summed E-state index contributed by atoms with van der Waals surface area (Å²) in [7, 11) is -2.24. The number of esters is 1. The molecule has 0 heterocycles. The first-order valence-corrected chi connectivity index (χ1v) is 15.1. The summed E-state index contributed by atoms with van der Waals surface area (Å²) < 4.78 is 18.0. The van der Waals surface area contributed by atoms with Crippen LogP contribution in [0.25, 0.3) is 0 Å². The summed E-state index contributed by atoms with van der Waals surface area (Å²) in [4.78, 5) is 11.6. The maximum Gasteiger partial charge on any atom is 0.384 e. The van der Waals surface area contributed by atoms with Crippen LogP contribution in [0.4, 0.5) is 0 Å². The number of aliphatic hydroxyl groups excluding tert-OH is 1. The molecular formula is C27H44O5Si. The summed E-state index contributed by atoms with van der Waals surface area (Å²) >= 11 is 0. The van der Waals surface area contributed by atoms with Gasteiger partial charge >= 0.3 is 5.97 Å². The van der Waals surface area contributed by atoms with E-state index in [-0.39, 0.29) is 18.1 Å². The van der Waals surface area contributed by atoms with E-state index in [1.54, 1.807) is 6.92 Å². The van der Waals surface area contributed by atoms with E-state index in [9.17, 15) is 9.90 Å². The standard InChI is InChI=1S/C27H44O5Si/c1-8-10-11-15-21-31-25(22-17-13-12-14-18-22)26(32-33(6,7)27(3,4)5)23(28)19-16-20-24(29)30-9-2/h12-14,17-18,23,25-26,28H,8-11,15,19,21H2,1-7H3/t23-,25-,26+/m1/s1. The molecule has 0 amide bonds. The summed E-state index contributed by atoms with van der Waals surface area (Å²) in [5.41, 5.74) is 0.967. The number of unbranched alkanes of at least 4 members (excludes halogenated alkanes) is 3. The zero-order valence-electron chi connectivity index (χ0n) is 21.6. The molecule has 0 radical (unpaired) electrons. The van der Waals surface area contributed by atoms with Gasteiger partial charge in [-0.15, -0.1) is 0 Å². The van der Waals surface area contributed by atoms with Crippen LogP contribution in [-0.4, -0.2) is 44.8 Å². The van der Waals surface area contributed by atoms with Crippen LogP contribution in [0.3, 0.4) is 0 Å². The maximum atomic E-state index is 11.6. The van der Waals surface area contributed by atoms with Crippen molar-refractivity contribution in [2.24, 2.45) is 0 Å². The number of hydrogen-bond acceptors (Lipinski definition) is 5. The van der Waals surface area contributed by atoms with Crippen molar-refractivity contribution in [3.05, 3.63) is 35.9 Å². The Morgan fingerprint density at radius 3 is 2.33 bits per heavy atom. The van der Waals surface area contributed by atoms with E-state index in [1.807, 2.05) is 30.3 Å². The van der Waals surface area contributed by atoms with Gasteiger partial charge in [0, 0.05) is 18.9 Å². The molecule has 1 aromatic rings. The topological polar surface area (TPSA) is 65.0 Å². The van der Waals surface area contributed by atoms with Crippen LogP contribution in [0.5, 0.6) is 0 Å². The van der Waals surface area contributed by atoms with Crippen LogP contribution in [-0.2, 0) is 18.7 Å². The van der Waals surface area contributed by atoms with Gasteiger partial charge < -0.3 is 19.0 Å². The van der Waals surface area contributed by atoms with Gasteiger partial charge in [0.25, 0.3) is 0 Å². The molecule has 186 valence electrons. The van der Waals surface area contributed by atoms with E-state index < -0.39 is 32.6 Å². The molecule has 0 unspecified atom stereocenters. The summed E-state index contributed by atoms with van der Waals surface area (Å²) in [6.45, 7) is 15.6. The molecule has 5 nitrogen and oxygen atoms in total. The lowest BCUT2D eigenvalue weighted by molar-refractivity contribution is -0.136. The second-order valence-electron chi connectivity index (χ2n) is 9.90. The minimum absolute atomic E-state index is 0.0378. The van der Waals surface area contributed by atoms with Crippen molar-refractivity contribution in [1.82, 2.24) is 0 Å². The number of benzene rings is 1. The Morgan fingerprint density at radius 2 is 1.76 bits per heavy atom. The van der Waals surface area contributed by atoms with Crippen LogP contribution >= 0.6 is 0 Å². The van der Waals surface area contributed by atoms with E-state index in [4.69, 9.17) is 13.9 Å². The van der Waals surface area contributed by atoms with Crippen molar-refractivity contribution >= 4 is 14.3 Å². The highest BCUT2D eigenvalue weighted by atomic mass is 28.4. The Labute approximate surface area is 202 Å². The lowest BCUT2D eigenvalue weighted by atomic mass is 9.98. The molecule has 0 bridgehead atoms. The molecular weight excluding hydrogens is 432 g/mol. The lowest BCUT2D eigenvalue weighted by Gasteiger charge is -2.42. The summed E-state index contributed by atoms with van der Waals surface area (Å²) in [6, 6.07) is 9.93. The average Bonchev–Trinajstić information content (AvgIpc) is 2.75. The number of carbonyl (C=O) groups is 1. The number of rotatable bonds is 13. The quantitative estimate of drug-likeness (QED) is 0.124. The van der Waals surface area contributed by atoms with Gasteiger partial charge in [-0.3, -0.25) is 0 Å². The fourth-order valence-electron chi connectivity index (χ4n) is 3.13. The monoisotopic (exact) mass is 476 g/mol. The second-order valence-corrected chi connectivity index (χ2v) is 14.7. The van der Waals surface area contributed by atoms with Crippen molar-refractivity contribution in [2.75, 3.05) is 13.2 Å². The molecule has 33 heavy (non-hydrogen) atoms. The third-order valence-electron chi connectivity index (χ3n) is 6.12. The van der Waals surface area contributed by atoms with Gasteiger partial charge in [-0.1, -0.05) is 83.2 Å². The minimum atomic E-state index is -2.24. The fraction of sp³-hybridized carbons (Fsp3) is 0.667. The largest absolute Gasteiger partial charge is 0.456 e. The van der Waals surface area contributed by atoms with Gasteiger partial charge in [0.2, 0.25) is 0 Å². The Morgan fingerprint density at radius 1 is 1.09 bits per heavy atom. The highest BCUT2D eigenvalue weighted by molar-refractivity contribution is 6.74. The molecule has 1 aromatic carbocycles. The minimum Gasteiger partial charge on any atom is -0.456 e. The highest BCUT2D eigenvalue weighted by Crippen LogP contribution is 2.40. The van der Waals surface area contributed by atoms with Gasteiger partial charge in [0.1, 0.15) is 12.2 Å². The van der Waals surface area contributed by atoms with Crippen LogP contribution in [0.1, 0.15) is 78.4 Å². The predicted octanol–water partition coefficient (Wildman–Crippen LogP) is 6.03. The van der Waals surface area contributed by atoms with E-state index in [0.29, 0.717) is 6.61 Å². The fourth-order valence-corrected chi connectivity index (χ4v) is 4.45. The molecule has 3 atom stereocenters. The van der Waals surface area contributed by atoms with Crippen molar-refractivity contribution in [3.8, 4) is 11.8 Å². The second kappa shape index (κ2) is 14.6. The van der Waals surface area contributed by atoms with E-state index >= 15 is 0 Å². The smallest absolute Gasteiger partial charge is 0.384 e. The van der Waals surface area contributed by atoms with Crippen LogP contribution in [0, 0.1) is 11.8 Å². The zero-order chi connectivity index (χ0) is 24.9. The Kier molecular flexibility index (Phi) is 13.0. The Balaban J connectivity index is 3.20. The molecule has 0 saturated carbocycles. The highest BCUT2D eigenvalue weighted by Gasteiger charge is 2.43. The predicted molar refractivity (Wildman–Crippen MR) is 136 cm³/mol. The van der Waals surface area contributed by atoms with Crippen molar-refractivity contribution < 1.29 is 23.8 Å². The Hall–Kier alpha value is -1.65. The van der Waals surface area contributed by atoms with Crippen LogP contribution < -0.4 is 0 Å². The molecule has 0 aromatic heterocycles. The normalized spacial score (nSPS) is 14.7. The van der Waals surface area contributed by atoms with Gasteiger partial charge in [-0.25, -0.2) is 4.79 Å². The van der Waals surface area contributed by atoms with Crippen molar-refractivity contribution in [3.63, 3.8) is 0 Å². The van der Waals surface area contributed by atoms with Gasteiger partial charge in [0.15, 0.2) is 8.32 Å². The molecule has 0 fully saturated rings. The number of carbonyl (C=O) groups excluding carboxylic acids is 1. The molecule has 1 rings (SSSR count). The summed E-state index contributed by atoms with van der Waals surface area (Å²) in [5, 5.41) is 11.2. The molecule has 0 spiro atoms. The molecule has 0 aliphatic carbocycles. The number of hydrogen-bond donors (Lipinski definition) is 1. The first-order chi connectivity index (χ1) is 15.5. The molecule has 0 saturated heterocycles. The first kappa shape index (κ1) is 29.4. The van der Waals surface area contributed by atoms with Gasteiger partial charge in [-0.05, 0) is 37.0 Å². The third-order valence-corrected chi connectivity index (χ3v) is 10.6. The number of aliphatic hydroxyl groups is 1. The SMILES string of the molecule is CCCCCCO[C@H](c1ccccc1)[C@@H](O[Si](C)(C)C(C)(C)C)[C@H](O)CC#CC(=O)OCC. The first-order valence-electron chi connectivity index (χ1n) is 12.2. The average molecular weight is 477 g/mol. The molecule has 1 N–H and O–H groups in total. The molecule has 0 aliphatic heterocycles. The maximum absolute atomic E-state index is 11.6. The summed E-state index contributed by atoms with van der Waals surface area (Å²) in [5.74, 6) is 4.64. The molecule has 0 aliphatic rings. The van der Waals surface area contributed by atoms with Gasteiger partial charge in [-0.2, -0.15) is 0 Å². The van der Waals surface area contributed by atoms with Crippen molar-refractivity contribution in [1.29, 1.82) is 0 Å².